The SMILES string of the molecule is O=C(c1ccccc1)C1OC(c2ccccc2)=CC2COCC21. The van der Waals surface area contributed by atoms with Gasteiger partial charge < -0.3 is 9.47 Å². The highest BCUT2D eigenvalue weighted by Gasteiger charge is 2.43. The molecule has 3 heteroatoms. The van der Waals surface area contributed by atoms with Gasteiger partial charge in [-0.05, 0) is 6.08 Å². The number of ketones is 1. The largest absolute Gasteiger partial charge is 0.482 e. The first-order valence-electron chi connectivity index (χ1n) is 7.94. The molecule has 3 atom stereocenters. The third-order valence-electron chi connectivity index (χ3n) is 4.55. The number of ether oxygens (including phenoxy) is 2. The molecule has 1 fully saturated rings. The maximum Gasteiger partial charge on any atom is 0.203 e. The van der Waals surface area contributed by atoms with Crippen LogP contribution in [0.5, 0.6) is 0 Å². The third-order valence-corrected chi connectivity index (χ3v) is 4.55. The molecule has 0 spiro atoms. The molecule has 2 aliphatic rings. The van der Waals surface area contributed by atoms with Gasteiger partial charge in [-0.15, -0.1) is 0 Å². The molecule has 2 aliphatic heterocycles. The van der Waals surface area contributed by atoms with Crippen LogP contribution in [-0.2, 0) is 9.47 Å². The summed E-state index contributed by atoms with van der Waals surface area (Å²) in [5.41, 5.74) is 1.70. The zero-order valence-electron chi connectivity index (χ0n) is 12.7. The van der Waals surface area contributed by atoms with Crippen LogP contribution >= 0.6 is 0 Å². The number of fused-ring (bicyclic) bond motifs is 1. The monoisotopic (exact) mass is 306 g/mol. The van der Waals surface area contributed by atoms with Gasteiger partial charge in [-0.3, -0.25) is 4.79 Å². The van der Waals surface area contributed by atoms with Gasteiger partial charge in [-0.25, -0.2) is 0 Å². The Bertz CT molecular complexity index is 721. The predicted octanol–water partition coefficient (Wildman–Crippen LogP) is 3.57. The molecular weight excluding hydrogens is 288 g/mol. The molecule has 23 heavy (non-hydrogen) atoms. The van der Waals surface area contributed by atoms with E-state index in [4.69, 9.17) is 9.47 Å². The molecule has 2 aromatic carbocycles. The minimum atomic E-state index is -0.481. The average molecular weight is 306 g/mol. The maximum atomic E-state index is 12.9. The van der Waals surface area contributed by atoms with E-state index in [1.165, 1.54) is 0 Å². The summed E-state index contributed by atoms with van der Waals surface area (Å²) >= 11 is 0. The average Bonchev–Trinajstić information content (AvgIpc) is 3.10. The Balaban J connectivity index is 1.68. The van der Waals surface area contributed by atoms with Gasteiger partial charge in [0.25, 0.3) is 0 Å². The van der Waals surface area contributed by atoms with Crippen molar-refractivity contribution in [2.45, 2.75) is 6.10 Å². The number of hydrogen-bond donors (Lipinski definition) is 0. The van der Waals surface area contributed by atoms with Crippen LogP contribution in [0, 0.1) is 11.8 Å². The normalized spacial score (nSPS) is 26.1. The van der Waals surface area contributed by atoms with Gasteiger partial charge >= 0.3 is 0 Å². The van der Waals surface area contributed by atoms with Crippen molar-refractivity contribution in [3.05, 3.63) is 77.9 Å². The Morgan fingerprint density at radius 2 is 1.61 bits per heavy atom. The lowest BCUT2D eigenvalue weighted by molar-refractivity contribution is 0.0493. The second-order valence-electron chi connectivity index (χ2n) is 6.03. The summed E-state index contributed by atoms with van der Waals surface area (Å²) < 4.78 is 11.7. The first kappa shape index (κ1) is 14.2. The predicted molar refractivity (Wildman–Crippen MR) is 87.9 cm³/mol. The molecule has 4 rings (SSSR count). The highest BCUT2D eigenvalue weighted by atomic mass is 16.5. The van der Waals surface area contributed by atoms with Crippen LogP contribution in [-0.4, -0.2) is 25.1 Å². The first-order valence-corrected chi connectivity index (χ1v) is 7.94. The van der Waals surface area contributed by atoms with Gasteiger partial charge in [0.1, 0.15) is 5.76 Å². The van der Waals surface area contributed by atoms with Crippen molar-refractivity contribution in [3.63, 3.8) is 0 Å². The van der Waals surface area contributed by atoms with Crippen molar-refractivity contribution >= 4 is 11.5 Å². The number of benzene rings is 2. The minimum Gasteiger partial charge on any atom is -0.482 e. The molecule has 1 saturated heterocycles. The maximum absolute atomic E-state index is 12.9. The molecule has 3 nitrogen and oxygen atoms in total. The van der Waals surface area contributed by atoms with E-state index in [1.54, 1.807) is 0 Å². The van der Waals surface area contributed by atoms with Crippen molar-refractivity contribution < 1.29 is 14.3 Å². The molecule has 0 aromatic heterocycles. The fraction of sp³-hybridized carbons (Fsp3) is 0.250. The Labute approximate surface area is 135 Å². The number of Topliss-reactive ketones (excluding diaryl/α,β-unsaturated/α-hetero) is 1. The Hall–Kier alpha value is -2.39. The molecule has 2 aromatic rings. The standard InChI is InChI=1S/C20H18O3/c21-19(15-9-5-2-6-10-15)20-17-13-22-12-16(17)11-18(23-20)14-7-3-1-4-8-14/h1-11,16-17,20H,12-13H2. The molecule has 3 unspecified atom stereocenters. The Morgan fingerprint density at radius 1 is 0.913 bits per heavy atom. The van der Waals surface area contributed by atoms with Crippen molar-refractivity contribution in [2.75, 3.05) is 13.2 Å². The molecule has 116 valence electrons. The fourth-order valence-electron chi connectivity index (χ4n) is 3.31. The van der Waals surface area contributed by atoms with E-state index in [0.29, 0.717) is 18.8 Å². The van der Waals surface area contributed by atoms with E-state index in [2.05, 4.69) is 6.08 Å². The number of carbonyl (C=O) groups excluding carboxylic acids is 1. The molecule has 2 heterocycles. The molecule has 0 saturated carbocycles. The van der Waals surface area contributed by atoms with Crippen molar-refractivity contribution in [1.29, 1.82) is 0 Å². The molecule has 0 radical (unpaired) electrons. The van der Waals surface area contributed by atoms with Crippen LogP contribution in [0.1, 0.15) is 15.9 Å². The summed E-state index contributed by atoms with van der Waals surface area (Å²) in [6.45, 7) is 1.23. The summed E-state index contributed by atoms with van der Waals surface area (Å²) in [6, 6.07) is 19.3. The Kier molecular flexibility index (Phi) is 3.72. The summed E-state index contributed by atoms with van der Waals surface area (Å²) in [7, 11) is 0. The summed E-state index contributed by atoms with van der Waals surface area (Å²) in [5, 5.41) is 0. The van der Waals surface area contributed by atoms with Crippen LogP contribution in [0.2, 0.25) is 0 Å². The van der Waals surface area contributed by atoms with Crippen molar-refractivity contribution in [1.82, 2.24) is 0 Å². The van der Waals surface area contributed by atoms with E-state index in [-0.39, 0.29) is 17.6 Å². The zero-order chi connectivity index (χ0) is 15.6. The van der Waals surface area contributed by atoms with Gasteiger partial charge in [-0.1, -0.05) is 60.7 Å². The Morgan fingerprint density at radius 3 is 2.35 bits per heavy atom. The smallest absolute Gasteiger partial charge is 0.203 e. The van der Waals surface area contributed by atoms with Crippen molar-refractivity contribution in [2.24, 2.45) is 11.8 Å². The molecule has 0 N–H and O–H groups in total. The van der Waals surface area contributed by atoms with Gasteiger partial charge in [0, 0.05) is 23.0 Å². The summed E-state index contributed by atoms with van der Waals surface area (Å²) in [4.78, 5) is 12.9. The lowest BCUT2D eigenvalue weighted by Gasteiger charge is -2.32. The highest BCUT2D eigenvalue weighted by molar-refractivity contribution is 6.00. The van der Waals surface area contributed by atoms with E-state index in [1.807, 2.05) is 60.7 Å². The fourth-order valence-corrected chi connectivity index (χ4v) is 3.31. The number of hydrogen-bond acceptors (Lipinski definition) is 3. The van der Waals surface area contributed by atoms with Crippen LogP contribution in [0.25, 0.3) is 5.76 Å². The first-order chi connectivity index (χ1) is 11.3. The van der Waals surface area contributed by atoms with E-state index < -0.39 is 6.10 Å². The van der Waals surface area contributed by atoms with E-state index in [0.717, 1.165) is 11.3 Å². The van der Waals surface area contributed by atoms with Gasteiger partial charge in [0.2, 0.25) is 5.78 Å². The summed E-state index contributed by atoms with van der Waals surface area (Å²) in [6.07, 6.45) is 1.63. The van der Waals surface area contributed by atoms with Crippen LogP contribution in [0.4, 0.5) is 0 Å². The molecule has 0 amide bonds. The minimum absolute atomic E-state index is 0.0348. The lowest BCUT2D eigenvalue weighted by atomic mass is 9.84. The molecule has 0 bridgehead atoms. The third kappa shape index (κ3) is 2.68. The van der Waals surface area contributed by atoms with Crippen LogP contribution in [0.3, 0.4) is 0 Å². The molecular formula is C20H18O3. The zero-order valence-corrected chi connectivity index (χ0v) is 12.7. The number of carbonyl (C=O) groups is 1. The highest BCUT2D eigenvalue weighted by Crippen LogP contribution is 2.38. The lowest BCUT2D eigenvalue weighted by Crippen LogP contribution is -2.38. The van der Waals surface area contributed by atoms with E-state index in [9.17, 15) is 4.79 Å². The topological polar surface area (TPSA) is 35.5 Å². The van der Waals surface area contributed by atoms with E-state index >= 15 is 0 Å². The second-order valence-corrected chi connectivity index (χ2v) is 6.03. The van der Waals surface area contributed by atoms with Gasteiger partial charge in [-0.2, -0.15) is 0 Å². The van der Waals surface area contributed by atoms with Crippen LogP contribution < -0.4 is 0 Å². The second kappa shape index (κ2) is 6.01. The number of rotatable bonds is 3. The molecule has 0 aliphatic carbocycles. The summed E-state index contributed by atoms with van der Waals surface area (Å²) in [5.74, 6) is 1.14. The quantitative estimate of drug-likeness (QED) is 0.813. The van der Waals surface area contributed by atoms with Crippen LogP contribution in [0.15, 0.2) is 66.7 Å². The van der Waals surface area contributed by atoms with Gasteiger partial charge in [0.15, 0.2) is 6.10 Å². The van der Waals surface area contributed by atoms with Crippen molar-refractivity contribution in [3.8, 4) is 0 Å². The van der Waals surface area contributed by atoms with Gasteiger partial charge in [0.05, 0.1) is 13.2 Å².